The number of aromatic amines is 1. The molecule has 0 fully saturated rings. The fourth-order valence-electron chi connectivity index (χ4n) is 3.72. The summed E-state index contributed by atoms with van der Waals surface area (Å²) in [6.45, 7) is 1.78. The van der Waals surface area contributed by atoms with Gasteiger partial charge in [0.05, 0.1) is 17.3 Å². The van der Waals surface area contributed by atoms with Crippen LogP contribution in [-0.2, 0) is 6.42 Å². The average molecular weight is 374 g/mol. The number of ether oxygens (including phenoxy) is 1. The van der Waals surface area contributed by atoms with Crippen molar-refractivity contribution in [1.82, 2.24) is 15.2 Å². The summed E-state index contributed by atoms with van der Waals surface area (Å²) in [5.74, 6) is 1.38. The lowest BCUT2D eigenvalue weighted by Crippen LogP contribution is -2.04. The van der Waals surface area contributed by atoms with Crippen LogP contribution in [0.1, 0.15) is 35.1 Å². The molecule has 0 bridgehead atoms. The predicted molar refractivity (Wildman–Crippen MR) is 99.1 cm³/mol. The van der Waals surface area contributed by atoms with Gasteiger partial charge in [-0.25, -0.2) is 9.37 Å². The molecule has 1 unspecified atom stereocenters. The first-order valence-corrected chi connectivity index (χ1v) is 8.93. The van der Waals surface area contributed by atoms with Gasteiger partial charge in [-0.15, -0.1) is 0 Å². The first-order valence-electron chi connectivity index (χ1n) is 8.93. The third-order valence-electron chi connectivity index (χ3n) is 5.07. The quantitative estimate of drug-likeness (QED) is 0.566. The lowest BCUT2D eigenvalue weighted by Gasteiger charge is -2.15. The van der Waals surface area contributed by atoms with Crippen molar-refractivity contribution in [3.05, 3.63) is 64.9 Å². The summed E-state index contributed by atoms with van der Waals surface area (Å²) in [6, 6.07) is 10.8. The molecule has 1 N–H and O–H groups in total. The standard InChI is InChI=1S/C21H15FN4O2/c1-11-24-10-19(27-11)21-16-8-13(3-6-17(16)25-26-21)28-18-7-5-15-14(18)4-2-12(9-23)20(15)22/h2-4,6,8,10,18H,5,7H2,1H3,(H,25,26). The summed E-state index contributed by atoms with van der Waals surface area (Å²) in [5, 5.41) is 17.2. The molecule has 1 aliphatic rings. The van der Waals surface area contributed by atoms with Gasteiger partial charge in [-0.1, -0.05) is 6.07 Å². The van der Waals surface area contributed by atoms with Crippen molar-refractivity contribution in [2.24, 2.45) is 0 Å². The maximum Gasteiger partial charge on any atom is 0.191 e. The van der Waals surface area contributed by atoms with E-state index in [0.717, 1.165) is 16.5 Å². The lowest BCUT2D eigenvalue weighted by atomic mass is 10.1. The number of fused-ring (bicyclic) bond motifs is 2. The van der Waals surface area contributed by atoms with Gasteiger partial charge in [0.15, 0.2) is 11.7 Å². The van der Waals surface area contributed by atoms with Gasteiger partial charge in [0.1, 0.15) is 29.4 Å². The smallest absolute Gasteiger partial charge is 0.191 e. The highest BCUT2D eigenvalue weighted by molar-refractivity contribution is 5.92. The van der Waals surface area contributed by atoms with E-state index in [1.807, 2.05) is 24.3 Å². The van der Waals surface area contributed by atoms with E-state index in [0.29, 0.717) is 41.5 Å². The second-order valence-electron chi connectivity index (χ2n) is 6.77. The zero-order valence-electron chi connectivity index (χ0n) is 15.0. The Balaban J connectivity index is 1.49. The van der Waals surface area contributed by atoms with Crippen LogP contribution in [-0.4, -0.2) is 15.2 Å². The van der Waals surface area contributed by atoms with Crippen LogP contribution < -0.4 is 4.74 Å². The van der Waals surface area contributed by atoms with Crippen molar-refractivity contribution < 1.29 is 13.5 Å². The molecular formula is C21H15FN4O2. The number of nitrogens with one attached hydrogen (secondary N) is 1. The van der Waals surface area contributed by atoms with Gasteiger partial charge in [0.2, 0.25) is 0 Å². The number of H-pyrrole nitrogens is 1. The molecule has 28 heavy (non-hydrogen) atoms. The molecule has 1 aliphatic carbocycles. The minimum Gasteiger partial charge on any atom is -0.486 e. The Morgan fingerprint density at radius 1 is 1.32 bits per heavy atom. The fraction of sp³-hybridized carbons (Fsp3) is 0.190. The third-order valence-corrected chi connectivity index (χ3v) is 5.07. The molecule has 0 amide bonds. The van der Waals surface area contributed by atoms with Crippen molar-refractivity contribution in [2.75, 3.05) is 0 Å². The Morgan fingerprint density at radius 3 is 3.00 bits per heavy atom. The molecule has 0 spiro atoms. The molecule has 138 valence electrons. The fourth-order valence-corrected chi connectivity index (χ4v) is 3.72. The lowest BCUT2D eigenvalue weighted by molar-refractivity contribution is 0.208. The van der Waals surface area contributed by atoms with Crippen LogP contribution in [0.4, 0.5) is 4.39 Å². The van der Waals surface area contributed by atoms with Crippen LogP contribution in [0.25, 0.3) is 22.4 Å². The molecule has 7 heteroatoms. The van der Waals surface area contributed by atoms with Gasteiger partial charge in [-0.2, -0.15) is 10.4 Å². The second-order valence-corrected chi connectivity index (χ2v) is 6.77. The molecule has 4 aromatic rings. The monoisotopic (exact) mass is 374 g/mol. The van der Waals surface area contributed by atoms with E-state index >= 15 is 0 Å². The van der Waals surface area contributed by atoms with Gasteiger partial charge in [-0.05, 0) is 48.2 Å². The maximum absolute atomic E-state index is 14.4. The number of hydrogen-bond donors (Lipinski definition) is 1. The van der Waals surface area contributed by atoms with Crippen LogP contribution in [0.3, 0.4) is 0 Å². The number of rotatable bonds is 3. The molecule has 6 nitrogen and oxygen atoms in total. The van der Waals surface area contributed by atoms with E-state index < -0.39 is 5.82 Å². The second kappa shape index (κ2) is 6.20. The normalized spacial score (nSPS) is 15.5. The number of aromatic nitrogens is 3. The molecule has 2 heterocycles. The minimum atomic E-state index is -0.431. The van der Waals surface area contributed by atoms with E-state index in [1.54, 1.807) is 19.2 Å². The van der Waals surface area contributed by atoms with Crippen LogP contribution in [0.5, 0.6) is 5.75 Å². The number of benzene rings is 2. The average Bonchev–Trinajstić information content (AvgIpc) is 3.41. The highest BCUT2D eigenvalue weighted by atomic mass is 19.1. The van der Waals surface area contributed by atoms with Crippen molar-refractivity contribution in [1.29, 1.82) is 5.26 Å². The van der Waals surface area contributed by atoms with Gasteiger partial charge in [0, 0.05) is 12.3 Å². The van der Waals surface area contributed by atoms with Gasteiger partial charge < -0.3 is 9.15 Å². The van der Waals surface area contributed by atoms with Crippen molar-refractivity contribution in [2.45, 2.75) is 25.9 Å². The summed E-state index contributed by atoms with van der Waals surface area (Å²) in [5.41, 5.74) is 2.97. The van der Waals surface area contributed by atoms with E-state index in [-0.39, 0.29) is 11.7 Å². The van der Waals surface area contributed by atoms with Crippen molar-refractivity contribution in [3.8, 4) is 23.3 Å². The Kier molecular flexibility index (Phi) is 3.66. The SMILES string of the molecule is Cc1ncc(-c2n[nH]c3ccc(OC4CCc5c4ccc(C#N)c5F)cc23)o1. The predicted octanol–water partition coefficient (Wildman–Crippen LogP) is 4.60. The summed E-state index contributed by atoms with van der Waals surface area (Å²) in [6.07, 6.45) is 2.61. The highest BCUT2D eigenvalue weighted by Gasteiger charge is 2.28. The van der Waals surface area contributed by atoms with Gasteiger partial charge in [0.25, 0.3) is 0 Å². The van der Waals surface area contributed by atoms with E-state index in [2.05, 4.69) is 15.2 Å². The summed E-state index contributed by atoms with van der Waals surface area (Å²) >= 11 is 0. The Labute approximate surface area is 159 Å². The zero-order valence-corrected chi connectivity index (χ0v) is 15.0. The number of oxazole rings is 1. The van der Waals surface area contributed by atoms with Crippen molar-refractivity contribution >= 4 is 10.9 Å². The van der Waals surface area contributed by atoms with E-state index in [1.165, 1.54) is 6.07 Å². The topological polar surface area (TPSA) is 87.7 Å². The molecule has 1 atom stereocenters. The molecular weight excluding hydrogens is 359 g/mol. The molecule has 0 saturated carbocycles. The summed E-state index contributed by atoms with van der Waals surface area (Å²) in [4.78, 5) is 4.12. The van der Waals surface area contributed by atoms with Crippen LogP contribution in [0.2, 0.25) is 0 Å². The Morgan fingerprint density at radius 2 is 2.21 bits per heavy atom. The minimum absolute atomic E-state index is 0.0752. The number of halogens is 1. The number of hydrogen-bond acceptors (Lipinski definition) is 5. The van der Waals surface area contributed by atoms with Crippen LogP contribution >= 0.6 is 0 Å². The molecule has 2 aromatic carbocycles. The molecule has 0 radical (unpaired) electrons. The van der Waals surface area contributed by atoms with Gasteiger partial charge in [-0.3, -0.25) is 5.10 Å². The largest absolute Gasteiger partial charge is 0.486 e. The van der Waals surface area contributed by atoms with E-state index in [9.17, 15) is 4.39 Å². The Bertz CT molecular complexity index is 1250. The third kappa shape index (κ3) is 2.54. The highest BCUT2D eigenvalue weighted by Crippen LogP contribution is 2.38. The van der Waals surface area contributed by atoms with Crippen LogP contribution in [0.15, 0.2) is 40.9 Å². The maximum atomic E-state index is 14.4. The molecule has 5 rings (SSSR count). The molecule has 0 aliphatic heterocycles. The van der Waals surface area contributed by atoms with Crippen LogP contribution in [0, 0.1) is 24.1 Å². The summed E-state index contributed by atoms with van der Waals surface area (Å²) in [7, 11) is 0. The molecule has 2 aromatic heterocycles. The first-order chi connectivity index (χ1) is 13.6. The van der Waals surface area contributed by atoms with Crippen molar-refractivity contribution in [3.63, 3.8) is 0 Å². The number of nitrogens with zero attached hydrogens (tertiary/aromatic N) is 3. The number of aryl methyl sites for hydroxylation is 1. The molecule has 0 saturated heterocycles. The first kappa shape index (κ1) is 16.5. The number of nitriles is 1. The zero-order chi connectivity index (χ0) is 19.3. The summed E-state index contributed by atoms with van der Waals surface area (Å²) < 4.78 is 26.1. The van der Waals surface area contributed by atoms with E-state index in [4.69, 9.17) is 14.4 Å². The van der Waals surface area contributed by atoms with Gasteiger partial charge >= 0.3 is 0 Å². The Hall–Kier alpha value is -3.66.